The van der Waals surface area contributed by atoms with Crippen LogP contribution in [0.4, 0.5) is 8.78 Å². The van der Waals surface area contributed by atoms with Crippen LogP contribution in [0.15, 0.2) is 53.4 Å². The van der Waals surface area contributed by atoms with Crippen LogP contribution < -0.4 is 10.6 Å². The van der Waals surface area contributed by atoms with Gasteiger partial charge >= 0.3 is 29.8 Å². The molecule has 0 spiro atoms. The maximum absolute atomic E-state index is 13.7. The molecule has 1 aliphatic rings. The van der Waals surface area contributed by atoms with E-state index in [0.29, 0.717) is 10.5 Å². The van der Waals surface area contributed by atoms with Gasteiger partial charge in [-0.25, -0.2) is 13.6 Å². The molecule has 2 aromatic rings. The Balaban J connectivity index is 2.13. The molecule has 294 valence electrons. The lowest BCUT2D eigenvalue weighted by molar-refractivity contribution is -0.221. The number of hydrogen-bond acceptors (Lipinski definition) is 14. The fourth-order valence-corrected chi connectivity index (χ4v) is 6.76. The highest BCUT2D eigenvalue weighted by Crippen LogP contribution is 2.46. The van der Waals surface area contributed by atoms with Gasteiger partial charge in [0.2, 0.25) is 10.8 Å². The maximum Gasteiger partial charge on any atom is 0.349 e. The zero-order chi connectivity index (χ0) is 40.2. The van der Waals surface area contributed by atoms with Crippen LogP contribution in [0.25, 0.3) is 0 Å². The van der Waals surface area contributed by atoms with Gasteiger partial charge in [0.25, 0.3) is 12.3 Å². The number of methoxy groups -OCH3 is 1. The molecule has 1 aliphatic heterocycles. The van der Waals surface area contributed by atoms with Gasteiger partial charge in [0.15, 0.2) is 18.8 Å². The van der Waals surface area contributed by atoms with Crippen molar-refractivity contribution >= 4 is 53.4 Å². The van der Waals surface area contributed by atoms with Crippen molar-refractivity contribution in [3.63, 3.8) is 0 Å². The molecule has 15 nitrogen and oxygen atoms in total. The van der Waals surface area contributed by atoms with Gasteiger partial charge in [-0.05, 0) is 24.6 Å². The Labute approximate surface area is 314 Å². The highest BCUT2D eigenvalue weighted by atomic mass is 32.2. The number of alkyl halides is 2. The lowest BCUT2D eigenvalue weighted by atomic mass is 9.89. The van der Waals surface area contributed by atoms with Gasteiger partial charge in [0.05, 0.1) is 26.1 Å². The van der Waals surface area contributed by atoms with Gasteiger partial charge in [-0.15, -0.1) is 0 Å². The molecule has 2 amide bonds. The van der Waals surface area contributed by atoms with E-state index in [1.54, 1.807) is 24.3 Å². The van der Waals surface area contributed by atoms with Crippen LogP contribution in [0.1, 0.15) is 57.2 Å². The molecule has 0 aromatic heterocycles. The van der Waals surface area contributed by atoms with Crippen molar-refractivity contribution in [2.75, 3.05) is 20.3 Å². The van der Waals surface area contributed by atoms with E-state index >= 15 is 0 Å². The minimum absolute atomic E-state index is 0.240. The number of rotatable bonds is 16. The molecule has 2 aromatic carbocycles. The molecule has 0 bridgehead atoms. The molecule has 0 aliphatic carbocycles. The van der Waals surface area contributed by atoms with E-state index < -0.39 is 103 Å². The summed E-state index contributed by atoms with van der Waals surface area (Å²) < 4.78 is 59.4. The van der Waals surface area contributed by atoms with Crippen molar-refractivity contribution in [3.8, 4) is 0 Å². The number of esters is 5. The minimum Gasteiger partial charge on any atom is -0.466 e. The van der Waals surface area contributed by atoms with Crippen molar-refractivity contribution < 1.29 is 70.8 Å². The molecule has 0 saturated carbocycles. The molecule has 0 radical (unpaired) electrons. The predicted octanol–water partition coefficient (Wildman–Crippen LogP) is 2.88. The third-order valence-electron chi connectivity index (χ3n) is 7.81. The molecule has 18 heteroatoms. The molecule has 3 rings (SSSR count). The SMILES string of the molecule is COC(=O)[C@]1(Sc2ccc(C)cc2)C[C@H](OC(C)=O)[C@@H](NC(=O)COC(C)=O)[C@H]([C@H](OC(C)=O)[C@@H](CNC(=O)Cc2ccc(C(F)F)cc2)OC(C)=O)O1. The number of hydrogen-bond donors (Lipinski definition) is 2. The van der Waals surface area contributed by atoms with Gasteiger partial charge in [-0.1, -0.05) is 53.7 Å². The zero-order valence-corrected chi connectivity index (χ0v) is 31.2. The Kier molecular flexibility index (Phi) is 15.9. The van der Waals surface area contributed by atoms with E-state index in [1.807, 2.05) is 6.92 Å². The number of thioether (sulfide) groups is 1. The molecule has 6 atom stereocenters. The first kappa shape index (κ1) is 43.3. The Hall–Kier alpha value is -5.10. The normalized spacial score (nSPS) is 20.4. The number of amides is 2. The van der Waals surface area contributed by atoms with Gasteiger partial charge in [-0.3, -0.25) is 28.8 Å². The van der Waals surface area contributed by atoms with Crippen LogP contribution in [-0.2, 0) is 68.4 Å². The summed E-state index contributed by atoms with van der Waals surface area (Å²) in [5.41, 5.74) is 1.04. The minimum atomic E-state index is -2.71. The molecular weight excluding hydrogens is 738 g/mol. The molecule has 1 heterocycles. The topological polar surface area (TPSA) is 199 Å². The number of ether oxygens (including phenoxy) is 6. The second-order valence-corrected chi connectivity index (χ2v) is 13.5. The van der Waals surface area contributed by atoms with Gasteiger partial charge < -0.3 is 39.1 Å². The first-order valence-electron chi connectivity index (χ1n) is 16.5. The average molecular weight is 781 g/mol. The van der Waals surface area contributed by atoms with Crippen LogP contribution in [0, 0.1) is 6.92 Å². The summed E-state index contributed by atoms with van der Waals surface area (Å²) in [6, 6.07) is 10.5. The van der Waals surface area contributed by atoms with Crippen molar-refractivity contribution in [3.05, 3.63) is 65.2 Å². The highest BCUT2D eigenvalue weighted by Gasteiger charge is 2.59. The quantitative estimate of drug-likeness (QED) is 0.186. The van der Waals surface area contributed by atoms with Crippen LogP contribution in [0.5, 0.6) is 0 Å². The van der Waals surface area contributed by atoms with Crippen LogP contribution in [0.2, 0.25) is 0 Å². The molecule has 2 N–H and O–H groups in total. The summed E-state index contributed by atoms with van der Waals surface area (Å²) in [5, 5.41) is 5.13. The predicted molar refractivity (Wildman–Crippen MR) is 185 cm³/mol. The third-order valence-corrected chi connectivity index (χ3v) is 9.08. The summed E-state index contributed by atoms with van der Waals surface area (Å²) >= 11 is 0.872. The van der Waals surface area contributed by atoms with E-state index in [-0.39, 0.29) is 12.0 Å². The van der Waals surface area contributed by atoms with Crippen LogP contribution >= 0.6 is 11.8 Å². The van der Waals surface area contributed by atoms with E-state index in [1.165, 1.54) is 24.3 Å². The molecule has 1 fully saturated rings. The number of nitrogens with one attached hydrogen (secondary N) is 2. The number of carbonyl (C=O) groups excluding carboxylic acids is 7. The Bertz CT molecular complexity index is 1680. The second-order valence-electron chi connectivity index (χ2n) is 12.2. The summed E-state index contributed by atoms with van der Waals surface area (Å²) in [6.07, 6.45) is -9.85. The molecule has 1 saturated heterocycles. The fraction of sp³-hybridized carbons (Fsp3) is 0.472. The Morgan fingerprint density at radius 1 is 0.870 bits per heavy atom. The summed E-state index contributed by atoms with van der Waals surface area (Å²) in [6.45, 7) is 4.74. The zero-order valence-electron chi connectivity index (χ0n) is 30.4. The van der Waals surface area contributed by atoms with E-state index in [0.717, 1.165) is 52.1 Å². The maximum atomic E-state index is 13.7. The van der Waals surface area contributed by atoms with Crippen molar-refractivity contribution in [2.45, 2.75) is 94.2 Å². The van der Waals surface area contributed by atoms with Crippen molar-refractivity contribution in [2.24, 2.45) is 0 Å². The number of aryl methyl sites for hydroxylation is 1. The molecule has 54 heavy (non-hydrogen) atoms. The number of carbonyl (C=O) groups is 7. The number of benzene rings is 2. The van der Waals surface area contributed by atoms with Gasteiger partial charge in [0.1, 0.15) is 12.2 Å². The lowest BCUT2D eigenvalue weighted by Crippen LogP contribution is -2.68. The smallest absolute Gasteiger partial charge is 0.349 e. The van der Waals surface area contributed by atoms with Gasteiger partial charge in [0, 0.05) is 44.6 Å². The largest absolute Gasteiger partial charge is 0.466 e. The van der Waals surface area contributed by atoms with E-state index in [2.05, 4.69) is 10.6 Å². The first-order valence-corrected chi connectivity index (χ1v) is 17.3. The Morgan fingerprint density at radius 3 is 2.04 bits per heavy atom. The molecule has 0 unspecified atom stereocenters. The van der Waals surface area contributed by atoms with Crippen LogP contribution in [0.3, 0.4) is 0 Å². The summed E-state index contributed by atoms with van der Waals surface area (Å²) in [4.78, 5) is 87.5. The lowest BCUT2D eigenvalue weighted by Gasteiger charge is -2.48. The first-order chi connectivity index (χ1) is 25.4. The second kappa shape index (κ2) is 19.8. The standard InChI is InChI=1S/C36H42F2N2O13S/c1-19-7-13-26(14-8-19)54-36(35(47)48-6)16-27(50-21(3)42)31(40-30(46)18-49-20(2)41)33(53-36)32(52-23(5)44)28(51-22(4)43)17-39-29(45)15-24-9-11-25(12-10-24)34(37)38/h7-14,27-28,31-34H,15-18H2,1-6H3,(H,39,45)(H,40,46)/t27-,28+,31+,32+,33+,36+/m0/s1. The van der Waals surface area contributed by atoms with E-state index in [9.17, 15) is 42.3 Å². The molecular formula is C36H42F2N2O13S. The average Bonchev–Trinajstić information content (AvgIpc) is 3.09. The third kappa shape index (κ3) is 12.8. The summed E-state index contributed by atoms with van der Waals surface area (Å²) in [5.74, 6) is -5.98. The fourth-order valence-electron chi connectivity index (χ4n) is 5.53. The highest BCUT2D eigenvalue weighted by molar-refractivity contribution is 8.01. The van der Waals surface area contributed by atoms with Crippen LogP contribution in [-0.4, -0.2) is 97.3 Å². The van der Waals surface area contributed by atoms with Gasteiger partial charge in [-0.2, -0.15) is 0 Å². The van der Waals surface area contributed by atoms with Crippen molar-refractivity contribution in [1.82, 2.24) is 10.6 Å². The van der Waals surface area contributed by atoms with Crippen molar-refractivity contribution in [1.29, 1.82) is 0 Å². The monoisotopic (exact) mass is 780 g/mol. The summed E-state index contributed by atoms with van der Waals surface area (Å²) in [7, 11) is 1.09. The Morgan fingerprint density at radius 2 is 1.50 bits per heavy atom. The number of halogens is 2. The van der Waals surface area contributed by atoms with E-state index in [4.69, 9.17) is 28.4 Å².